The SMILES string of the molecule is CC.CCN1CCC(N2CCCC2C(=O)O)CC1. The first-order valence-corrected chi connectivity index (χ1v) is 7.43. The van der Waals surface area contributed by atoms with Crippen LogP contribution >= 0.6 is 0 Å². The monoisotopic (exact) mass is 256 g/mol. The van der Waals surface area contributed by atoms with E-state index in [4.69, 9.17) is 5.11 Å². The van der Waals surface area contributed by atoms with Crippen molar-refractivity contribution in [3.63, 3.8) is 0 Å². The maximum atomic E-state index is 11.1. The summed E-state index contributed by atoms with van der Waals surface area (Å²) in [6.45, 7) is 10.5. The second-order valence-electron chi connectivity index (χ2n) is 4.90. The van der Waals surface area contributed by atoms with Gasteiger partial charge in [-0.1, -0.05) is 20.8 Å². The Morgan fingerprint density at radius 1 is 1.17 bits per heavy atom. The molecule has 4 heteroatoms. The zero-order chi connectivity index (χ0) is 13.5. The average Bonchev–Trinajstić information content (AvgIpc) is 2.90. The molecule has 0 aromatic carbocycles. The second kappa shape index (κ2) is 7.74. The van der Waals surface area contributed by atoms with Gasteiger partial charge in [-0.15, -0.1) is 0 Å². The molecule has 0 amide bonds. The van der Waals surface area contributed by atoms with Crippen molar-refractivity contribution in [1.82, 2.24) is 9.80 Å². The van der Waals surface area contributed by atoms with Crippen LogP contribution < -0.4 is 0 Å². The Morgan fingerprint density at radius 3 is 2.28 bits per heavy atom. The van der Waals surface area contributed by atoms with Crippen molar-refractivity contribution in [1.29, 1.82) is 0 Å². The van der Waals surface area contributed by atoms with Gasteiger partial charge < -0.3 is 10.0 Å². The van der Waals surface area contributed by atoms with Crippen LogP contribution in [-0.2, 0) is 4.79 Å². The van der Waals surface area contributed by atoms with E-state index in [1.807, 2.05) is 13.8 Å². The third-order valence-corrected chi connectivity index (χ3v) is 4.05. The van der Waals surface area contributed by atoms with E-state index in [2.05, 4.69) is 16.7 Å². The first-order chi connectivity index (χ1) is 8.72. The van der Waals surface area contributed by atoms with Crippen LogP contribution in [0.2, 0.25) is 0 Å². The number of carbonyl (C=O) groups is 1. The van der Waals surface area contributed by atoms with E-state index in [-0.39, 0.29) is 6.04 Å². The number of aliphatic carboxylic acids is 1. The highest BCUT2D eigenvalue weighted by Gasteiger charge is 2.36. The minimum absolute atomic E-state index is 0.210. The molecule has 1 N–H and O–H groups in total. The first kappa shape index (κ1) is 15.4. The van der Waals surface area contributed by atoms with Gasteiger partial charge >= 0.3 is 5.97 Å². The molecule has 1 unspecified atom stereocenters. The minimum atomic E-state index is -0.629. The van der Waals surface area contributed by atoms with Crippen molar-refractivity contribution in [3.8, 4) is 0 Å². The van der Waals surface area contributed by atoms with E-state index in [1.165, 1.54) is 0 Å². The molecule has 0 bridgehead atoms. The highest BCUT2D eigenvalue weighted by atomic mass is 16.4. The molecule has 0 aromatic heterocycles. The summed E-state index contributed by atoms with van der Waals surface area (Å²) in [5.41, 5.74) is 0. The normalized spacial score (nSPS) is 26.7. The number of carboxylic acid groups (broad SMARTS) is 1. The number of rotatable bonds is 3. The molecule has 18 heavy (non-hydrogen) atoms. The second-order valence-corrected chi connectivity index (χ2v) is 4.90. The third-order valence-electron chi connectivity index (χ3n) is 4.05. The topological polar surface area (TPSA) is 43.8 Å². The summed E-state index contributed by atoms with van der Waals surface area (Å²) in [5.74, 6) is -0.629. The quantitative estimate of drug-likeness (QED) is 0.839. The molecule has 2 aliphatic heterocycles. The molecule has 0 spiro atoms. The number of piperidine rings is 1. The Bertz CT molecular complexity index is 250. The number of nitrogens with zero attached hydrogens (tertiary/aromatic N) is 2. The van der Waals surface area contributed by atoms with Crippen LogP contribution in [0.5, 0.6) is 0 Å². The Balaban J connectivity index is 0.000000771. The van der Waals surface area contributed by atoms with Crippen LogP contribution in [0.1, 0.15) is 46.5 Å². The number of likely N-dealkylation sites (tertiary alicyclic amines) is 2. The summed E-state index contributed by atoms with van der Waals surface area (Å²) in [6.07, 6.45) is 4.16. The molecule has 2 saturated heterocycles. The molecule has 0 saturated carbocycles. The van der Waals surface area contributed by atoms with Gasteiger partial charge in [0, 0.05) is 6.04 Å². The van der Waals surface area contributed by atoms with Crippen LogP contribution in [0.25, 0.3) is 0 Å². The molecule has 0 radical (unpaired) electrons. The average molecular weight is 256 g/mol. The number of hydrogen-bond acceptors (Lipinski definition) is 3. The van der Waals surface area contributed by atoms with Gasteiger partial charge in [0.05, 0.1) is 0 Å². The fraction of sp³-hybridized carbons (Fsp3) is 0.929. The summed E-state index contributed by atoms with van der Waals surface area (Å²) in [5, 5.41) is 9.16. The van der Waals surface area contributed by atoms with Crippen molar-refractivity contribution in [2.45, 2.75) is 58.5 Å². The maximum absolute atomic E-state index is 11.1. The van der Waals surface area contributed by atoms with E-state index in [9.17, 15) is 4.79 Å². The van der Waals surface area contributed by atoms with E-state index in [0.717, 1.165) is 51.9 Å². The van der Waals surface area contributed by atoms with Gasteiger partial charge in [0.2, 0.25) is 0 Å². The molecule has 2 fully saturated rings. The Labute approximate surface area is 111 Å². The first-order valence-electron chi connectivity index (χ1n) is 7.43. The fourth-order valence-electron chi connectivity index (χ4n) is 3.06. The standard InChI is InChI=1S/C12H22N2O2.C2H6/c1-2-13-8-5-10(6-9-13)14-7-3-4-11(14)12(15)16;1-2/h10-11H,2-9H2,1H3,(H,15,16);1-2H3. The van der Waals surface area contributed by atoms with Gasteiger partial charge in [0.15, 0.2) is 0 Å². The zero-order valence-electron chi connectivity index (χ0n) is 12.1. The van der Waals surface area contributed by atoms with Crippen LogP contribution in [0.15, 0.2) is 0 Å². The lowest BCUT2D eigenvalue weighted by Gasteiger charge is -2.37. The van der Waals surface area contributed by atoms with E-state index in [0.29, 0.717) is 6.04 Å². The molecule has 0 aromatic rings. The fourth-order valence-corrected chi connectivity index (χ4v) is 3.06. The highest BCUT2D eigenvalue weighted by molar-refractivity contribution is 5.73. The van der Waals surface area contributed by atoms with Gasteiger partial charge in [-0.05, 0) is 51.9 Å². The van der Waals surface area contributed by atoms with Crippen LogP contribution in [0, 0.1) is 0 Å². The predicted octanol–water partition coefficient (Wildman–Crippen LogP) is 2.05. The Morgan fingerprint density at radius 2 is 1.78 bits per heavy atom. The molecule has 1 atom stereocenters. The Kier molecular flexibility index (Phi) is 6.65. The Hall–Kier alpha value is -0.610. The van der Waals surface area contributed by atoms with Crippen LogP contribution in [0.3, 0.4) is 0 Å². The minimum Gasteiger partial charge on any atom is -0.480 e. The van der Waals surface area contributed by atoms with Gasteiger partial charge in [-0.3, -0.25) is 9.69 Å². The molecule has 2 rings (SSSR count). The molecule has 0 aliphatic carbocycles. The maximum Gasteiger partial charge on any atom is 0.320 e. The van der Waals surface area contributed by atoms with Crippen molar-refractivity contribution in [2.24, 2.45) is 0 Å². The zero-order valence-corrected chi connectivity index (χ0v) is 12.1. The summed E-state index contributed by atoms with van der Waals surface area (Å²) in [4.78, 5) is 15.8. The van der Waals surface area contributed by atoms with Crippen molar-refractivity contribution in [2.75, 3.05) is 26.2 Å². The molecular formula is C14H28N2O2. The van der Waals surface area contributed by atoms with Crippen molar-refractivity contribution >= 4 is 5.97 Å². The molecule has 4 nitrogen and oxygen atoms in total. The lowest BCUT2D eigenvalue weighted by Crippen LogP contribution is -2.48. The van der Waals surface area contributed by atoms with E-state index in [1.54, 1.807) is 0 Å². The van der Waals surface area contributed by atoms with E-state index < -0.39 is 5.97 Å². The van der Waals surface area contributed by atoms with Crippen molar-refractivity contribution in [3.05, 3.63) is 0 Å². The molecular weight excluding hydrogens is 228 g/mol. The van der Waals surface area contributed by atoms with Crippen LogP contribution in [0.4, 0.5) is 0 Å². The highest BCUT2D eigenvalue weighted by Crippen LogP contribution is 2.25. The summed E-state index contributed by atoms with van der Waals surface area (Å²) >= 11 is 0. The molecule has 106 valence electrons. The van der Waals surface area contributed by atoms with Crippen molar-refractivity contribution < 1.29 is 9.90 Å². The lowest BCUT2D eigenvalue weighted by atomic mass is 10.0. The number of carboxylic acids is 1. The van der Waals surface area contributed by atoms with Gasteiger partial charge in [0.1, 0.15) is 6.04 Å². The van der Waals surface area contributed by atoms with Gasteiger partial charge in [0.25, 0.3) is 0 Å². The summed E-state index contributed by atoms with van der Waals surface area (Å²) in [7, 11) is 0. The number of hydrogen-bond donors (Lipinski definition) is 1. The van der Waals surface area contributed by atoms with Crippen LogP contribution in [-0.4, -0.2) is 59.1 Å². The predicted molar refractivity (Wildman–Crippen MR) is 73.8 cm³/mol. The van der Waals surface area contributed by atoms with Gasteiger partial charge in [-0.25, -0.2) is 0 Å². The third kappa shape index (κ3) is 3.69. The molecule has 2 heterocycles. The largest absolute Gasteiger partial charge is 0.480 e. The smallest absolute Gasteiger partial charge is 0.320 e. The summed E-state index contributed by atoms with van der Waals surface area (Å²) in [6, 6.07) is 0.296. The lowest BCUT2D eigenvalue weighted by molar-refractivity contribution is -0.143. The van der Waals surface area contributed by atoms with E-state index >= 15 is 0 Å². The van der Waals surface area contributed by atoms with Gasteiger partial charge in [-0.2, -0.15) is 0 Å². The summed E-state index contributed by atoms with van der Waals surface area (Å²) < 4.78 is 0. The molecule has 2 aliphatic rings.